The van der Waals surface area contributed by atoms with E-state index >= 15 is 0 Å². The van der Waals surface area contributed by atoms with Crippen LogP contribution in [0, 0.1) is 13.8 Å². The van der Waals surface area contributed by atoms with Gasteiger partial charge in [-0.15, -0.1) is 11.3 Å². The van der Waals surface area contributed by atoms with Crippen molar-refractivity contribution in [1.29, 1.82) is 0 Å². The number of nitrogens with zero attached hydrogens (tertiary/aromatic N) is 3. The number of ether oxygens (including phenoxy) is 1. The Hall–Kier alpha value is -3.58. The molecule has 0 radical (unpaired) electrons. The molecule has 2 heterocycles. The first-order valence-corrected chi connectivity index (χ1v) is 9.85. The number of nitrogens with one attached hydrogen (secondary N) is 1. The first-order valence-electron chi connectivity index (χ1n) is 8.97. The Morgan fingerprint density at radius 1 is 1.10 bits per heavy atom. The van der Waals surface area contributed by atoms with E-state index in [0.717, 1.165) is 16.1 Å². The predicted octanol–water partition coefficient (Wildman–Crippen LogP) is 5.26. The molecule has 2 aromatic carbocycles. The fourth-order valence-corrected chi connectivity index (χ4v) is 3.74. The number of carbonyl (C=O) groups is 1. The van der Waals surface area contributed by atoms with E-state index < -0.39 is 0 Å². The Morgan fingerprint density at radius 3 is 2.79 bits per heavy atom. The number of anilines is 1. The topological polar surface area (TPSA) is 77.0 Å². The summed E-state index contributed by atoms with van der Waals surface area (Å²) in [5.41, 5.74) is 4.37. The summed E-state index contributed by atoms with van der Waals surface area (Å²) in [6.45, 7) is 4.10. The second kappa shape index (κ2) is 8.20. The number of benzene rings is 2. The summed E-state index contributed by atoms with van der Waals surface area (Å²) >= 11 is 1.45. The van der Waals surface area contributed by atoms with Crippen molar-refractivity contribution < 1.29 is 9.53 Å². The van der Waals surface area contributed by atoms with Crippen molar-refractivity contribution >= 4 is 22.9 Å². The van der Waals surface area contributed by atoms with Gasteiger partial charge in [0.25, 0.3) is 5.91 Å². The average Bonchev–Trinajstić information content (AvgIpc) is 3.19. The summed E-state index contributed by atoms with van der Waals surface area (Å²) in [6, 6.07) is 13.3. The summed E-state index contributed by atoms with van der Waals surface area (Å²) in [5, 5.41) is 5.46. The molecule has 0 aliphatic carbocycles. The molecule has 4 aromatic rings. The Labute approximate surface area is 172 Å². The predicted molar refractivity (Wildman–Crippen MR) is 114 cm³/mol. The first-order chi connectivity index (χ1) is 14.1. The highest BCUT2D eigenvalue weighted by molar-refractivity contribution is 7.13. The molecular weight excluding hydrogens is 384 g/mol. The molecular formula is C22H18N4O2S. The van der Waals surface area contributed by atoms with E-state index in [0.29, 0.717) is 23.0 Å². The summed E-state index contributed by atoms with van der Waals surface area (Å²) < 4.78 is 5.65. The van der Waals surface area contributed by atoms with Crippen molar-refractivity contribution in [3.63, 3.8) is 0 Å². The van der Waals surface area contributed by atoms with Gasteiger partial charge in [0.1, 0.15) is 16.5 Å². The maximum Gasteiger partial charge on any atom is 0.275 e. The summed E-state index contributed by atoms with van der Waals surface area (Å²) in [4.78, 5) is 25.2. The second-order valence-electron chi connectivity index (χ2n) is 6.48. The number of thiazole rings is 1. The standard InChI is InChI=1S/C22H18N4O2S/c1-14-6-7-18(15(2)10-14)22-26-19(13-29-22)21(27)25-16-4-3-5-17(11-16)28-20-12-23-8-9-24-20/h3-13H,1-2H3,(H,25,27). The summed E-state index contributed by atoms with van der Waals surface area (Å²) in [7, 11) is 0. The van der Waals surface area contributed by atoms with Crippen LogP contribution in [0.2, 0.25) is 0 Å². The van der Waals surface area contributed by atoms with Gasteiger partial charge < -0.3 is 10.1 Å². The summed E-state index contributed by atoms with van der Waals surface area (Å²) in [5.74, 6) is 0.667. The van der Waals surface area contributed by atoms with Gasteiger partial charge in [-0.05, 0) is 31.5 Å². The fourth-order valence-electron chi connectivity index (χ4n) is 2.85. The van der Waals surface area contributed by atoms with Crippen molar-refractivity contribution in [1.82, 2.24) is 15.0 Å². The Balaban J connectivity index is 1.49. The lowest BCUT2D eigenvalue weighted by atomic mass is 10.1. The monoisotopic (exact) mass is 402 g/mol. The highest BCUT2D eigenvalue weighted by Gasteiger charge is 2.14. The molecule has 0 atom stereocenters. The van der Waals surface area contributed by atoms with Gasteiger partial charge in [0, 0.05) is 35.1 Å². The minimum absolute atomic E-state index is 0.270. The zero-order valence-corrected chi connectivity index (χ0v) is 16.7. The van der Waals surface area contributed by atoms with Gasteiger partial charge in [-0.25, -0.2) is 9.97 Å². The molecule has 0 saturated heterocycles. The lowest BCUT2D eigenvalue weighted by Crippen LogP contribution is -2.12. The van der Waals surface area contributed by atoms with Crippen molar-refractivity contribution in [3.05, 3.63) is 83.3 Å². The third-order valence-electron chi connectivity index (χ3n) is 4.20. The smallest absolute Gasteiger partial charge is 0.275 e. The second-order valence-corrected chi connectivity index (χ2v) is 7.34. The van der Waals surface area contributed by atoms with Crippen LogP contribution in [0.4, 0.5) is 5.69 Å². The number of amides is 1. The van der Waals surface area contributed by atoms with E-state index in [2.05, 4.69) is 33.3 Å². The fraction of sp³-hybridized carbons (Fsp3) is 0.0909. The van der Waals surface area contributed by atoms with Crippen LogP contribution >= 0.6 is 11.3 Å². The lowest BCUT2D eigenvalue weighted by molar-refractivity contribution is 0.102. The van der Waals surface area contributed by atoms with Crippen LogP contribution in [-0.4, -0.2) is 20.9 Å². The molecule has 1 amide bonds. The summed E-state index contributed by atoms with van der Waals surface area (Å²) in [6.07, 6.45) is 4.65. The van der Waals surface area contributed by atoms with Crippen LogP contribution in [0.15, 0.2) is 66.4 Å². The minimum Gasteiger partial charge on any atom is -0.437 e. The molecule has 2 aromatic heterocycles. The lowest BCUT2D eigenvalue weighted by Gasteiger charge is -2.07. The van der Waals surface area contributed by atoms with Gasteiger partial charge in [-0.2, -0.15) is 0 Å². The van der Waals surface area contributed by atoms with Crippen LogP contribution < -0.4 is 10.1 Å². The molecule has 4 rings (SSSR count). The third-order valence-corrected chi connectivity index (χ3v) is 5.08. The number of carbonyl (C=O) groups excluding carboxylic acids is 1. The molecule has 0 aliphatic rings. The molecule has 1 N–H and O–H groups in total. The molecule has 6 nitrogen and oxygen atoms in total. The van der Waals surface area contributed by atoms with Crippen LogP contribution in [0.5, 0.6) is 11.6 Å². The van der Waals surface area contributed by atoms with Gasteiger partial charge in [0.15, 0.2) is 0 Å². The number of hydrogen-bond acceptors (Lipinski definition) is 6. The van der Waals surface area contributed by atoms with E-state index in [4.69, 9.17) is 4.74 Å². The van der Waals surface area contributed by atoms with Crippen molar-refractivity contribution in [2.24, 2.45) is 0 Å². The zero-order chi connectivity index (χ0) is 20.2. The molecule has 144 valence electrons. The number of hydrogen-bond donors (Lipinski definition) is 1. The Morgan fingerprint density at radius 2 is 2.00 bits per heavy atom. The third kappa shape index (κ3) is 4.47. The average molecular weight is 402 g/mol. The largest absolute Gasteiger partial charge is 0.437 e. The van der Waals surface area contributed by atoms with Crippen molar-refractivity contribution in [3.8, 4) is 22.2 Å². The molecule has 0 fully saturated rings. The molecule has 0 unspecified atom stereocenters. The van der Waals surface area contributed by atoms with E-state index in [9.17, 15) is 4.79 Å². The van der Waals surface area contributed by atoms with Crippen LogP contribution in [0.1, 0.15) is 21.6 Å². The zero-order valence-electron chi connectivity index (χ0n) is 15.9. The molecule has 0 bridgehead atoms. The molecule has 7 heteroatoms. The maximum atomic E-state index is 12.6. The Kier molecular flexibility index (Phi) is 5.31. The van der Waals surface area contributed by atoms with E-state index in [-0.39, 0.29) is 5.91 Å². The van der Waals surface area contributed by atoms with Crippen LogP contribution in [0.3, 0.4) is 0 Å². The van der Waals surface area contributed by atoms with E-state index in [1.54, 1.807) is 42.0 Å². The highest BCUT2D eigenvalue weighted by atomic mass is 32.1. The van der Waals surface area contributed by atoms with E-state index in [1.807, 2.05) is 19.1 Å². The van der Waals surface area contributed by atoms with Crippen molar-refractivity contribution in [2.45, 2.75) is 13.8 Å². The van der Waals surface area contributed by atoms with E-state index in [1.165, 1.54) is 23.1 Å². The highest BCUT2D eigenvalue weighted by Crippen LogP contribution is 2.28. The maximum absolute atomic E-state index is 12.6. The minimum atomic E-state index is -0.270. The van der Waals surface area contributed by atoms with Gasteiger partial charge in [-0.1, -0.05) is 29.8 Å². The van der Waals surface area contributed by atoms with Crippen LogP contribution in [-0.2, 0) is 0 Å². The normalized spacial score (nSPS) is 10.6. The molecule has 29 heavy (non-hydrogen) atoms. The number of rotatable bonds is 5. The van der Waals surface area contributed by atoms with Gasteiger partial charge in [-0.3, -0.25) is 9.78 Å². The van der Waals surface area contributed by atoms with Crippen LogP contribution in [0.25, 0.3) is 10.6 Å². The number of aromatic nitrogens is 3. The van der Waals surface area contributed by atoms with Gasteiger partial charge in [0.05, 0.1) is 6.20 Å². The first kappa shape index (κ1) is 18.8. The number of aryl methyl sites for hydroxylation is 2. The molecule has 0 spiro atoms. The Bertz CT molecular complexity index is 1160. The SMILES string of the molecule is Cc1ccc(-c2nc(C(=O)Nc3cccc(Oc4cnccn4)c3)cs2)c(C)c1. The van der Waals surface area contributed by atoms with Crippen molar-refractivity contribution in [2.75, 3.05) is 5.32 Å². The quantitative estimate of drug-likeness (QED) is 0.493. The van der Waals surface area contributed by atoms with Gasteiger partial charge >= 0.3 is 0 Å². The molecule has 0 saturated carbocycles. The van der Waals surface area contributed by atoms with Gasteiger partial charge in [0.2, 0.25) is 5.88 Å². The molecule has 0 aliphatic heterocycles.